The molecule has 2 aromatic heterocycles. The largest absolute Gasteiger partial charge is 0.425 e. The molecule has 0 unspecified atom stereocenters. The van der Waals surface area contributed by atoms with Gasteiger partial charge in [-0.2, -0.15) is 4.73 Å². The smallest absolute Gasteiger partial charge is 0.282 e. The van der Waals surface area contributed by atoms with Crippen molar-refractivity contribution in [3.05, 3.63) is 69.5 Å². The van der Waals surface area contributed by atoms with Crippen molar-refractivity contribution in [1.82, 2.24) is 9.71 Å². The van der Waals surface area contributed by atoms with Gasteiger partial charge in [-0.3, -0.25) is 9.59 Å². The number of pyridine rings is 2. The van der Waals surface area contributed by atoms with Gasteiger partial charge in [-0.05, 0) is 6.07 Å². The second-order valence-corrected chi connectivity index (χ2v) is 2.62. The molecule has 0 aliphatic carbocycles. The van der Waals surface area contributed by atoms with Gasteiger partial charge in [0.15, 0.2) is 5.43 Å². The maximum atomic E-state index is 10.3. The van der Waals surface area contributed by atoms with Gasteiger partial charge in [0.2, 0.25) is 0 Å². The van der Waals surface area contributed by atoms with Crippen LogP contribution in [0.25, 0.3) is 0 Å². The highest BCUT2D eigenvalue weighted by molar-refractivity contribution is 4.91. The monoisotopic (exact) mass is 206 g/mol. The number of hydrogen-bond donors (Lipinski definition) is 2. The first-order valence-electron chi connectivity index (χ1n) is 4.20. The Bertz CT molecular complexity index is 499. The van der Waals surface area contributed by atoms with E-state index in [1.807, 2.05) is 0 Å². The predicted molar refractivity (Wildman–Crippen MR) is 54.9 cm³/mol. The minimum Gasteiger partial charge on any atom is -0.425 e. The Morgan fingerprint density at radius 3 is 2.07 bits per heavy atom. The zero-order valence-corrected chi connectivity index (χ0v) is 7.83. The van der Waals surface area contributed by atoms with Gasteiger partial charge in [0, 0.05) is 36.8 Å². The van der Waals surface area contributed by atoms with Crippen LogP contribution in [0.3, 0.4) is 0 Å². The molecule has 0 radical (unpaired) electrons. The minimum atomic E-state index is -0.410. The summed E-state index contributed by atoms with van der Waals surface area (Å²) in [6, 6.07) is 7.36. The van der Waals surface area contributed by atoms with E-state index in [-0.39, 0.29) is 5.43 Å². The Labute approximate surface area is 85.2 Å². The molecule has 78 valence electrons. The van der Waals surface area contributed by atoms with Gasteiger partial charge in [0.05, 0.1) is 0 Å². The average Bonchev–Trinajstić information content (AvgIpc) is 2.25. The van der Waals surface area contributed by atoms with E-state index in [9.17, 15) is 9.59 Å². The van der Waals surface area contributed by atoms with Crippen LogP contribution in [-0.4, -0.2) is 14.9 Å². The van der Waals surface area contributed by atoms with Crippen molar-refractivity contribution < 1.29 is 5.21 Å². The third kappa shape index (κ3) is 3.95. The van der Waals surface area contributed by atoms with Gasteiger partial charge < -0.3 is 10.2 Å². The van der Waals surface area contributed by atoms with Crippen molar-refractivity contribution in [2.75, 3.05) is 0 Å². The van der Waals surface area contributed by atoms with Crippen LogP contribution >= 0.6 is 0 Å². The average molecular weight is 206 g/mol. The van der Waals surface area contributed by atoms with E-state index in [1.165, 1.54) is 24.4 Å². The molecule has 0 aliphatic heterocycles. The highest BCUT2D eigenvalue weighted by Crippen LogP contribution is 1.72. The Balaban J connectivity index is 0.000000151. The summed E-state index contributed by atoms with van der Waals surface area (Å²) in [5, 5.41) is 8.52. The maximum Gasteiger partial charge on any atom is 0.282 e. The molecule has 0 amide bonds. The molecule has 0 saturated heterocycles. The highest BCUT2D eigenvalue weighted by atomic mass is 16.5. The summed E-state index contributed by atoms with van der Waals surface area (Å²) in [6.07, 6.45) is 4.48. The van der Waals surface area contributed by atoms with Crippen LogP contribution in [-0.2, 0) is 0 Å². The normalized spacial score (nSPS) is 8.80. The van der Waals surface area contributed by atoms with E-state index < -0.39 is 5.56 Å². The molecule has 2 rings (SSSR count). The van der Waals surface area contributed by atoms with Crippen LogP contribution in [0.4, 0.5) is 0 Å². The zero-order chi connectivity index (χ0) is 11.1. The standard InChI is InChI=1S/C5H5NO2.C5H5NO/c7-5-3-1-2-4-6(5)8;7-5-1-3-6-4-2-5/h1-4,8H;1-4H,(H,6,7). The molecule has 2 heterocycles. The molecule has 0 spiro atoms. The first-order chi connectivity index (χ1) is 7.20. The quantitative estimate of drug-likeness (QED) is 0.615. The number of aromatic amines is 1. The van der Waals surface area contributed by atoms with Crippen molar-refractivity contribution in [2.24, 2.45) is 0 Å². The molecule has 0 saturated carbocycles. The van der Waals surface area contributed by atoms with E-state index in [1.54, 1.807) is 24.5 Å². The number of H-pyrrole nitrogens is 1. The Hall–Kier alpha value is -2.30. The molecular formula is C10H10N2O3. The van der Waals surface area contributed by atoms with Gasteiger partial charge in [-0.15, -0.1) is 0 Å². The SMILES string of the molecule is O=c1cc[nH]cc1.O=c1ccccn1O. The number of aromatic nitrogens is 2. The third-order valence-corrected chi connectivity index (χ3v) is 1.49. The minimum absolute atomic E-state index is 0.0405. The van der Waals surface area contributed by atoms with E-state index in [0.717, 1.165) is 0 Å². The Morgan fingerprint density at radius 2 is 1.73 bits per heavy atom. The fraction of sp³-hybridized carbons (Fsp3) is 0. The maximum absolute atomic E-state index is 10.3. The molecule has 5 nitrogen and oxygen atoms in total. The van der Waals surface area contributed by atoms with Crippen molar-refractivity contribution in [2.45, 2.75) is 0 Å². The molecule has 15 heavy (non-hydrogen) atoms. The summed E-state index contributed by atoms with van der Waals surface area (Å²) < 4.78 is 0.528. The third-order valence-electron chi connectivity index (χ3n) is 1.49. The predicted octanol–water partition coefficient (Wildman–Crippen LogP) is 0.461. The van der Waals surface area contributed by atoms with Gasteiger partial charge >= 0.3 is 0 Å². The lowest BCUT2D eigenvalue weighted by atomic mass is 10.5. The fourth-order valence-corrected chi connectivity index (χ4v) is 0.791. The van der Waals surface area contributed by atoms with E-state index >= 15 is 0 Å². The molecule has 2 N–H and O–H groups in total. The first-order valence-corrected chi connectivity index (χ1v) is 4.20. The molecule has 0 fully saturated rings. The molecule has 0 bridgehead atoms. The van der Waals surface area contributed by atoms with Crippen LogP contribution in [0.15, 0.2) is 58.5 Å². The van der Waals surface area contributed by atoms with Gasteiger partial charge in [0.25, 0.3) is 5.56 Å². The second-order valence-electron chi connectivity index (χ2n) is 2.62. The summed E-state index contributed by atoms with van der Waals surface area (Å²) >= 11 is 0. The second kappa shape index (κ2) is 5.43. The number of rotatable bonds is 0. The lowest BCUT2D eigenvalue weighted by molar-refractivity contribution is 0.175. The molecule has 0 aliphatic rings. The van der Waals surface area contributed by atoms with Crippen molar-refractivity contribution in [3.63, 3.8) is 0 Å². The van der Waals surface area contributed by atoms with Gasteiger partial charge in [-0.25, -0.2) is 0 Å². The summed E-state index contributed by atoms with van der Waals surface area (Å²) in [4.78, 5) is 23.3. The molecule has 0 atom stereocenters. The first kappa shape index (κ1) is 10.8. The summed E-state index contributed by atoms with van der Waals surface area (Å²) in [5.74, 6) is 0. The number of nitrogens with zero attached hydrogens (tertiary/aromatic N) is 1. The van der Waals surface area contributed by atoms with E-state index in [0.29, 0.717) is 4.73 Å². The number of hydrogen-bond acceptors (Lipinski definition) is 3. The molecular weight excluding hydrogens is 196 g/mol. The summed E-state index contributed by atoms with van der Waals surface area (Å²) in [7, 11) is 0. The topological polar surface area (TPSA) is 75.1 Å². The van der Waals surface area contributed by atoms with Crippen LogP contribution < -0.4 is 11.0 Å². The molecule has 5 heteroatoms. The Kier molecular flexibility index (Phi) is 3.91. The van der Waals surface area contributed by atoms with Crippen LogP contribution in [0.5, 0.6) is 0 Å². The van der Waals surface area contributed by atoms with Crippen molar-refractivity contribution in [3.8, 4) is 0 Å². The fourth-order valence-electron chi connectivity index (χ4n) is 0.791. The summed E-state index contributed by atoms with van der Waals surface area (Å²) in [6.45, 7) is 0. The van der Waals surface area contributed by atoms with Gasteiger partial charge in [0.1, 0.15) is 0 Å². The van der Waals surface area contributed by atoms with Crippen LogP contribution in [0.2, 0.25) is 0 Å². The van der Waals surface area contributed by atoms with Crippen molar-refractivity contribution >= 4 is 0 Å². The van der Waals surface area contributed by atoms with E-state index in [2.05, 4.69) is 4.98 Å². The van der Waals surface area contributed by atoms with E-state index in [4.69, 9.17) is 5.21 Å². The van der Waals surface area contributed by atoms with Gasteiger partial charge in [-0.1, -0.05) is 6.07 Å². The summed E-state index contributed by atoms with van der Waals surface area (Å²) in [5.41, 5.74) is -0.369. The Morgan fingerprint density at radius 1 is 1.07 bits per heavy atom. The molecule has 2 aromatic rings. The zero-order valence-electron chi connectivity index (χ0n) is 7.83. The van der Waals surface area contributed by atoms with Crippen LogP contribution in [0.1, 0.15) is 0 Å². The van der Waals surface area contributed by atoms with Crippen LogP contribution in [0, 0.1) is 0 Å². The number of nitrogens with one attached hydrogen (secondary N) is 1. The van der Waals surface area contributed by atoms with Crippen molar-refractivity contribution in [1.29, 1.82) is 0 Å². The lowest BCUT2D eigenvalue weighted by Crippen LogP contribution is -2.13. The molecule has 0 aromatic carbocycles. The highest BCUT2D eigenvalue weighted by Gasteiger charge is 1.82. The lowest BCUT2D eigenvalue weighted by Gasteiger charge is -1.88.